The lowest BCUT2D eigenvalue weighted by molar-refractivity contribution is 0.165. The van der Waals surface area contributed by atoms with E-state index >= 15 is 0 Å². The molecule has 1 saturated heterocycles. The zero-order chi connectivity index (χ0) is 12.1. The van der Waals surface area contributed by atoms with Crippen LogP contribution in [0.5, 0.6) is 5.75 Å². The van der Waals surface area contributed by atoms with E-state index in [1.807, 2.05) is 6.92 Å². The fraction of sp³-hybridized carbons (Fsp3) is 0.571. The van der Waals surface area contributed by atoms with E-state index in [-0.39, 0.29) is 0 Å². The van der Waals surface area contributed by atoms with E-state index in [1.165, 1.54) is 5.56 Å². The molecule has 2 rings (SSSR count). The number of rotatable bonds is 4. The lowest BCUT2D eigenvalue weighted by Crippen LogP contribution is -2.49. The Morgan fingerprint density at radius 2 is 2.12 bits per heavy atom. The SMILES string of the molecule is CCOc1ccc(CN2CCNC[C@@H]2C)cc1. The van der Waals surface area contributed by atoms with Gasteiger partial charge in [-0.3, -0.25) is 4.90 Å². The number of piperazine rings is 1. The summed E-state index contributed by atoms with van der Waals surface area (Å²) in [7, 11) is 0. The smallest absolute Gasteiger partial charge is 0.119 e. The van der Waals surface area contributed by atoms with Crippen molar-refractivity contribution >= 4 is 0 Å². The van der Waals surface area contributed by atoms with E-state index in [0.29, 0.717) is 6.04 Å². The average molecular weight is 234 g/mol. The standard InChI is InChI=1S/C14H22N2O/c1-3-17-14-6-4-13(5-7-14)11-16-9-8-15-10-12(16)2/h4-7,12,15H,3,8-11H2,1-2H3/t12-/m0/s1. The largest absolute Gasteiger partial charge is 0.494 e. The molecule has 94 valence electrons. The maximum atomic E-state index is 5.45. The van der Waals surface area contributed by atoms with Crippen LogP contribution in [0.1, 0.15) is 19.4 Å². The van der Waals surface area contributed by atoms with E-state index in [2.05, 4.69) is 41.4 Å². The molecular weight excluding hydrogens is 212 g/mol. The van der Waals surface area contributed by atoms with E-state index in [4.69, 9.17) is 4.74 Å². The summed E-state index contributed by atoms with van der Waals surface area (Å²) in [6.07, 6.45) is 0. The molecule has 0 bridgehead atoms. The van der Waals surface area contributed by atoms with Gasteiger partial charge in [0, 0.05) is 32.2 Å². The van der Waals surface area contributed by atoms with Crippen LogP contribution in [-0.2, 0) is 6.54 Å². The summed E-state index contributed by atoms with van der Waals surface area (Å²) in [5, 5.41) is 3.41. The maximum absolute atomic E-state index is 5.45. The Bertz CT molecular complexity index is 337. The fourth-order valence-electron chi connectivity index (χ4n) is 2.21. The summed E-state index contributed by atoms with van der Waals surface area (Å²) in [5.41, 5.74) is 1.36. The lowest BCUT2D eigenvalue weighted by atomic mass is 10.1. The highest BCUT2D eigenvalue weighted by Crippen LogP contribution is 2.15. The summed E-state index contributed by atoms with van der Waals surface area (Å²) in [6.45, 7) is 9.38. The summed E-state index contributed by atoms with van der Waals surface area (Å²) >= 11 is 0. The number of ether oxygens (including phenoxy) is 1. The van der Waals surface area contributed by atoms with E-state index in [9.17, 15) is 0 Å². The van der Waals surface area contributed by atoms with Gasteiger partial charge in [0.15, 0.2) is 0 Å². The van der Waals surface area contributed by atoms with Crippen LogP contribution < -0.4 is 10.1 Å². The summed E-state index contributed by atoms with van der Waals surface area (Å²) in [6, 6.07) is 9.08. The van der Waals surface area contributed by atoms with Crippen molar-refractivity contribution in [1.29, 1.82) is 0 Å². The van der Waals surface area contributed by atoms with Crippen LogP contribution in [0.25, 0.3) is 0 Å². The van der Waals surface area contributed by atoms with Crippen LogP contribution in [0, 0.1) is 0 Å². The number of benzene rings is 1. The molecule has 0 radical (unpaired) electrons. The van der Waals surface area contributed by atoms with Crippen molar-refractivity contribution in [1.82, 2.24) is 10.2 Å². The molecule has 17 heavy (non-hydrogen) atoms. The first kappa shape index (κ1) is 12.4. The molecule has 0 amide bonds. The Morgan fingerprint density at radius 1 is 1.35 bits per heavy atom. The van der Waals surface area contributed by atoms with Gasteiger partial charge < -0.3 is 10.1 Å². The quantitative estimate of drug-likeness (QED) is 0.861. The first-order valence-electron chi connectivity index (χ1n) is 6.46. The third-order valence-corrected chi connectivity index (χ3v) is 3.26. The van der Waals surface area contributed by atoms with Crippen molar-refractivity contribution in [3.05, 3.63) is 29.8 Å². The maximum Gasteiger partial charge on any atom is 0.119 e. The van der Waals surface area contributed by atoms with E-state index in [1.54, 1.807) is 0 Å². The topological polar surface area (TPSA) is 24.5 Å². The van der Waals surface area contributed by atoms with Gasteiger partial charge in [0.2, 0.25) is 0 Å². The fourth-order valence-corrected chi connectivity index (χ4v) is 2.21. The molecule has 1 aromatic carbocycles. The number of nitrogens with zero attached hydrogens (tertiary/aromatic N) is 1. The third kappa shape index (κ3) is 3.45. The summed E-state index contributed by atoms with van der Waals surface area (Å²) < 4.78 is 5.45. The van der Waals surface area contributed by atoms with Gasteiger partial charge in [-0.1, -0.05) is 12.1 Å². The highest BCUT2D eigenvalue weighted by Gasteiger charge is 2.17. The van der Waals surface area contributed by atoms with Crippen molar-refractivity contribution in [3.8, 4) is 5.75 Å². The van der Waals surface area contributed by atoms with Gasteiger partial charge in [-0.2, -0.15) is 0 Å². The molecular formula is C14H22N2O. The molecule has 1 heterocycles. The number of hydrogen-bond donors (Lipinski definition) is 1. The Morgan fingerprint density at radius 3 is 2.76 bits per heavy atom. The van der Waals surface area contributed by atoms with Gasteiger partial charge in [0.05, 0.1) is 6.61 Å². The second-order valence-corrected chi connectivity index (χ2v) is 4.60. The van der Waals surface area contributed by atoms with Gasteiger partial charge >= 0.3 is 0 Å². The van der Waals surface area contributed by atoms with E-state index < -0.39 is 0 Å². The van der Waals surface area contributed by atoms with Gasteiger partial charge in [0.1, 0.15) is 5.75 Å². The molecule has 0 spiro atoms. The molecule has 0 aliphatic carbocycles. The highest BCUT2D eigenvalue weighted by molar-refractivity contribution is 5.27. The first-order valence-corrected chi connectivity index (χ1v) is 6.46. The zero-order valence-corrected chi connectivity index (χ0v) is 10.8. The van der Waals surface area contributed by atoms with Gasteiger partial charge in [-0.05, 0) is 31.5 Å². The molecule has 3 heteroatoms. The second-order valence-electron chi connectivity index (χ2n) is 4.60. The highest BCUT2D eigenvalue weighted by atomic mass is 16.5. The van der Waals surface area contributed by atoms with Crippen LogP contribution in [0.4, 0.5) is 0 Å². The molecule has 1 aliphatic heterocycles. The average Bonchev–Trinajstić information content (AvgIpc) is 2.35. The Hall–Kier alpha value is -1.06. The molecule has 1 atom stereocenters. The number of nitrogens with one attached hydrogen (secondary N) is 1. The first-order chi connectivity index (χ1) is 8.29. The van der Waals surface area contributed by atoms with Crippen LogP contribution in [0.15, 0.2) is 24.3 Å². The third-order valence-electron chi connectivity index (χ3n) is 3.26. The molecule has 1 aliphatic rings. The van der Waals surface area contributed by atoms with Crippen LogP contribution in [-0.4, -0.2) is 37.2 Å². The molecule has 0 saturated carbocycles. The van der Waals surface area contributed by atoms with E-state index in [0.717, 1.165) is 38.5 Å². The van der Waals surface area contributed by atoms with Crippen LogP contribution >= 0.6 is 0 Å². The minimum absolute atomic E-state index is 0.621. The minimum atomic E-state index is 0.621. The van der Waals surface area contributed by atoms with Crippen LogP contribution in [0.2, 0.25) is 0 Å². The van der Waals surface area contributed by atoms with Crippen molar-refractivity contribution in [2.45, 2.75) is 26.4 Å². The molecule has 1 fully saturated rings. The van der Waals surface area contributed by atoms with Gasteiger partial charge in [0.25, 0.3) is 0 Å². The second kappa shape index (κ2) is 6.03. The van der Waals surface area contributed by atoms with Crippen molar-refractivity contribution < 1.29 is 4.74 Å². The molecule has 3 nitrogen and oxygen atoms in total. The van der Waals surface area contributed by atoms with Crippen LogP contribution in [0.3, 0.4) is 0 Å². The van der Waals surface area contributed by atoms with Crippen molar-refractivity contribution in [3.63, 3.8) is 0 Å². The zero-order valence-electron chi connectivity index (χ0n) is 10.8. The Kier molecular flexibility index (Phi) is 4.40. The minimum Gasteiger partial charge on any atom is -0.494 e. The summed E-state index contributed by atoms with van der Waals surface area (Å²) in [4.78, 5) is 2.52. The molecule has 1 N–H and O–H groups in total. The predicted molar refractivity (Wildman–Crippen MR) is 70.4 cm³/mol. The Balaban J connectivity index is 1.93. The predicted octanol–water partition coefficient (Wildman–Crippen LogP) is 1.88. The van der Waals surface area contributed by atoms with Crippen molar-refractivity contribution in [2.24, 2.45) is 0 Å². The van der Waals surface area contributed by atoms with Gasteiger partial charge in [-0.25, -0.2) is 0 Å². The van der Waals surface area contributed by atoms with Crippen molar-refractivity contribution in [2.75, 3.05) is 26.2 Å². The lowest BCUT2D eigenvalue weighted by Gasteiger charge is -2.33. The van der Waals surface area contributed by atoms with Gasteiger partial charge in [-0.15, -0.1) is 0 Å². The molecule has 1 aromatic rings. The molecule has 0 aromatic heterocycles. The Labute approximate surface area is 104 Å². The normalized spacial score (nSPS) is 21.4. The molecule has 0 unspecified atom stereocenters. The number of hydrogen-bond acceptors (Lipinski definition) is 3. The summed E-state index contributed by atoms with van der Waals surface area (Å²) in [5.74, 6) is 0.963. The monoisotopic (exact) mass is 234 g/mol.